The van der Waals surface area contributed by atoms with Crippen LogP contribution in [-0.4, -0.2) is 34.6 Å². The first-order valence-corrected chi connectivity index (χ1v) is 18.1. The van der Waals surface area contributed by atoms with E-state index in [4.69, 9.17) is 9.98 Å². The van der Waals surface area contributed by atoms with Gasteiger partial charge in [0.2, 0.25) is 0 Å². The quantitative estimate of drug-likeness (QED) is 0.282. The number of ketones is 4. The van der Waals surface area contributed by atoms with Gasteiger partial charge in [-0.05, 0) is 84.4 Å². The van der Waals surface area contributed by atoms with Gasteiger partial charge in [-0.15, -0.1) is 11.3 Å². The van der Waals surface area contributed by atoms with E-state index in [1.165, 1.54) is 20.2 Å². The number of benzene rings is 2. The molecule has 4 fully saturated rings. The third-order valence-corrected chi connectivity index (χ3v) is 13.4. The van der Waals surface area contributed by atoms with Gasteiger partial charge in [-0.3, -0.25) is 19.2 Å². The van der Waals surface area contributed by atoms with Crippen molar-refractivity contribution in [2.75, 3.05) is 0 Å². The lowest BCUT2D eigenvalue weighted by Crippen LogP contribution is -2.21. The fourth-order valence-electron chi connectivity index (χ4n) is 9.42. The molecule has 0 N–H and O–H groups in total. The fraction of sp³-hybridized carbons (Fsp3) is 0.450. The van der Waals surface area contributed by atoms with Crippen LogP contribution in [0.15, 0.2) is 45.6 Å². The summed E-state index contributed by atoms with van der Waals surface area (Å²) in [4.78, 5) is 62.7. The van der Waals surface area contributed by atoms with Gasteiger partial charge < -0.3 is 0 Å². The predicted octanol–water partition coefficient (Wildman–Crippen LogP) is 8.12. The zero-order valence-electron chi connectivity index (χ0n) is 27.4. The summed E-state index contributed by atoms with van der Waals surface area (Å²) < 4.78 is 2.35. The van der Waals surface area contributed by atoms with Crippen LogP contribution in [0.1, 0.15) is 101 Å². The second-order valence-corrected chi connectivity index (χ2v) is 16.7. The van der Waals surface area contributed by atoms with Gasteiger partial charge in [0.15, 0.2) is 23.1 Å². The Balaban J connectivity index is 1.09. The molecule has 6 aliphatic rings. The zero-order chi connectivity index (χ0) is 32.6. The molecule has 0 bridgehead atoms. The molecule has 47 heavy (non-hydrogen) atoms. The third kappa shape index (κ3) is 4.01. The Hall–Kier alpha value is -3.84. The molecule has 4 saturated carbocycles. The van der Waals surface area contributed by atoms with Crippen molar-refractivity contribution in [2.24, 2.45) is 33.7 Å². The SMILES string of the molecule is CC1(C)C(N=C2C(=O)C3CCCCC3C2=O)=Cc2cc3sc4cc5c(cc4c3cc21)C(C)(C)C(N=C1C(=O)C2CCCCC2C1=O)=C5. The molecule has 1 heterocycles. The monoisotopic (exact) mass is 642 g/mol. The van der Waals surface area contributed by atoms with Crippen LogP contribution in [0, 0.1) is 23.7 Å². The highest BCUT2D eigenvalue weighted by Crippen LogP contribution is 2.50. The maximum Gasteiger partial charge on any atom is 0.188 e. The van der Waals surface area contributed by atoms with Gasteiger partial charge in [0.1, 0.15) is 11.4 Å². The Morgan fingerprint density at radius 2 is 0.894 bits per heavy atom. The van der Waals surface area contributed by atoms with Crippen LogP contribution in [0.5, 0.6) is 0 Å². The Kier molecular flexibility index (Phi) is 6.14. The molecule has 7 heteroatoms. The molecule has 0 amide bonds. The van der Waals surface area contributed by atoms with Crippen molar-refractivity contribution in [1.82, 2.24) is 0 Å². The molecule has 2 aromatic carbocycles. The third-order valence-electron chi connectivity index (χ3n) is 12.3. The molecule has 3 aromatic rings. The number of allylic oxidation sites excluding steroid dienone is 2. The normalized spacial score (nSPS) is 28.9. The summed E-state index contributed by atoms with van der Waals surface area (Å²) in [6.07, 6.45) is 11.3. The van der Waals surface area contributed by atoms with Crippen LogP contribution in [0.2, 0.25) is 0 Å². The number of carbonyl (C=O) groups excluding carboxylic acids is 4. The Morgan fingerprint density at radius 3 is 1.23 bits per heavy atom. The maximum atomic E-state index is 13.3. The molecule has 4 unspecified atom stereocenters. The van der Waals surface area contributed by atoms with Crippen molar-refractivity contribution < 1.29 is 19.2 Å². The van der Waals surface area contributed by atoms with Gasteiger partial charge in [0.25, 0.3) is 0 Å². The van der Waals surface area contributed by atoms with Gasteiger partial charge in [-0.2, -0.15) is 0 Å². The number of rotatable bonds is 2. The number of Topliss-reactive ketones (excluding diaryl/α,β-unsaturated/α-hetero) is 4. The first-order valence-electron chi connectivity index (χ1n) is 17.3. The van der Waals surface area contributed by atoms with E-state index < -0.39 is 10.8 Å². The minimum atomic E-state index is -0.461. The lowest BCUT2D eigenvalue weighted by atomic mass is 9.81. The van der Waals surface area contributed by atoms with E-state index in [0.29, 0.717) is 0 Å². The van der Waals surface area contributed by atoms with E-state index in [2.05, 4.69) is 64.1 Å². The predicted molar refractivity (Wildman–Crippen MR) is 187 cm³/mol. The topological polar surface area (TPSA) is 93.0 Å². The maximum absolute atomic E-state index is 13.3. The Morgan fingerprint density at radius 1 is 0.553 bits per heavy atom. The number of aliphatic imine (C=N–C) groups is 2. The van der Waals surface area contributed by atoms with Crippen molar-refractivity contribution in [3.63, 3.8) is 0 Å². The molecule has 238 valence electrons. The van der Waals surface area contributed by atoms with E-state index in [1.807, 2.05) is 0 Å². The molecule has 4 atom stereocenters. The smallest absolute Gasteiger partial charge is 0.188 e. The Labute approximate surface area is 278 Å². The molecule has 0 aliphatic heterocycles. The van der Waals surface area contributed by atoms with Crippen LogP contribution < -0.4 is 0 Å². The summed E-state index contributed by atoms with van der Waals surface area (Å²) in [5, 5.41) is 2.34. The van der Waals surface area contributed by atoms with Crippen molar-refractivity contribution in [1.29, 1.82) is 0 Å². The highest BCUT2D eigenvalue weighted by atomic mass is 32.1. The van der Waals surface area contributed by atoms with Crippen molar-refractivity contribution in [3.05, 3.63) is 57.9 Å². The van der Waals surface area contributed by atoms with E-state index in [9.17, 15) is 19.2 Å². The molecule has 6 nitrogen and oxygen atoms in total. The molecule has 0 radical (unpaired) electrons. The summed E-state index contributed by atoms with van der Waals surface area (Å²) in [6, 6.07) is 8.99. The minimum absolute atomic E-state index is 0.0612. The van der Waals surface area contributed by atoms with Crippen molar-refractivity contribution in [3.8, 4) is 0 Å². The largest absolute Gasteiger partial charge is 0.292 e. The lowest BCUT2D eigenvalue weighted by molar-refractivity contribution is -0.120. The van der Waals surface area contributed by atoms with Crippen molar-refractivity contribution in [2.45, 2.75) is 89.9 Å². The first-order chi connectivity index (χ1) is 22.4. The van der Waals surface area contributed by atoms with E-state index in [0.717, 1.165) is 85.0 Å². The second-order valence-electron chi connectivity index (χ2n) is 15.7. The molecular formula is C40H38N2O4S. The van der Waals surface area contributed by atoms with Gasteiger partial charge in [0.05, 0.1) is 11.4 Å². The highest BCUT2D eigenvalue weighted by Gasteiger charge is 2.50. The minimum Gasteiger partial charge on any atom is -0.292 e. The standard InChI is InChI=1S/C40H38N2O4S/c1-39(2)27-17-25-26-18-28-20(16-32(40(28,3)4)42-34-37(45)23-11-7-8-12-24(23)38(34)46)14-30(26)47-29(25)13-19(27)15-31(39)41-33-35(43)21-9-5-6-10-22(21)36(33)44/h13-18,21-24H,5-12H2,1-4H3. The molecule has 0 spiro atoms. The summed E-state index contributed by atoms with van der Waals surface area (Å²) in [7, 11) is 0. The van der Waals surface area contributed by atoms with Gasteiger partial charge >= 0.3 is 0 Å². The van der Waals surface area contributed by atoms with Crippen LogP contribution in [0.4, 0.5) is 0 Å². The molecule has 1 aromatic heterocycles. The molecule has 6 aliphatic carbocycles. The van der Waals surface area contributed by atoms with Gasteiger partial charge in [0, 0.05) is 54.7 Å². The summed E-state index contributed by atoms with van der Waals surface area (Å²) in [6.45, 7) is 8.52. The lowest BCUT2D eigenvalue weighted by Gasteiger charge is -2.23. The van der Waals surface area contributed by atoms with Crippen LogP contribution in [0.3, 0.4) is 0 Å². The summed E-state index contributed by atoms with van der Waals surface area (Å²) >= 11 is 1.74. The van der Waals surface area contributed by atoms with Crippen LogP contribution >= 0.6 is 11.3 Å². The number of fused-ring (bicyclic) bond motifs is 7. The summed E-state index contributed by atoms with van der Waals surface area (Å²) in [5.74, 6) is -0.986. The number of carbonyl (C=O) groups is 4. The highest BCUT2D eigenvalue weighted by molar-refractivity contribution is 7.25. The van der Waals surface area contributed by atoms with Crippen molar-refractivity contribution >= 4 is 78.2 Å². The Bertz CT molecular complexity index is 1950. The zero-order valence-corrected chi connectivity index (χ0v) is 28.2. The molecule has 9 rings (SSSR count). The number of nitrogens with zero attached hydrogens (tertiary/aromatic N) is 2. The average molecular weight is 643 g/mol. The number of hydrogen-bond acceptors (Lipinski definition) is 7. The van der Waals surface area contributed by atoms with Gasteiger partial charge in [-0.25, -0.2) is 9.98 Å². The van der Waals surface area contributed by atoms with Crippen LogP contribution in [-0.2, 0) is 30.0 Å². The van der Waals surface area contributed by atoms with E-state index in [-0.39, 0.29) is 58.2 Å². The van der Waals surface area contributed by atoms with E-state index >= 15 is 0 Å². The van der Waals surface area contributed by atoms with E-state index in [1.54, 1.807) is 11.3 Å². The average Bonchev–Trinajstić information content (AvgIpc) is 3.75. The first kappa shape index (κ1) is 29.3. The number of thiophene rings is 1. The fourth-order valence-corrected chi connectivity index (χ4v) is 10.6. The van der Waals surface area contributed by atoms with Crippen LogP contribution in [0.25, 0.3) is 32.3 Å². The second kappa shape index (κ2) is 9.85. The summed E-state index contributed by atoms with van der Waals surface area (Å²) in [5.41, 5.74) is 5.40. The molecule has 0 saturated heterocycles. The van der Waals surface area contributed by atoms with Gasteiger partial charge in [-0.1, -0.05) is 53.4 Å². The number of hydrogen-bond donors (Lipinski definition) is 0. The molecular weight excluding hydrogens is 605 g/mol.